The van der Waals surface area contributed by atoms with Gasteiger partial charge in [-0.1, -0.05) is 11.6 Å². The number of rotatable bonds is 7. The Morgan fingerprint density at radius 3 is 2.69 bits per heavy atom. The van der Waals surface area contributed by atoms with Crippen LogP contribution in [0.25, 0.3) is 6.08 Å². The summed E-state index contributed by atoms with van der Waals surface area (Å²) in [6.07, 6.45) is 1.37. The normalized spacial score (nSPS) is 10.8. The van der Waals surface area contributed by atoms with Crippen LogP contribution in [0.3, 0.4) is 0 Å². The maximum absolute atomic E-state index is 12.5. The topological polar surface area (TPSA) is 114 Å². The number of nitro benzene ring substituents is 1. The summed E-state index contributed by atoms with van der Waals surface area (Å²) in [5, 5.41) is 22.6. The summed E-state index contributed by atoms with van der Waals surface area (Å²) in [5.74, 6) is 0.226. The third-order valence-electron chi connectivity index (χ3n) is 3.63. The number of hydrogen-bond acceptors (Lipinski definition) is 6. The fourth-order valence-electron chi connectivity index (χ4n) is 2.33. The molecule has 0 aromatic heterocycles. The first-order valence-corrected chi connectivity index (χ1v) is 9.35. The monoisotopic (exact) mass is 479 g/mol. The largest absolute Gasteiger partial charge is 0.493 e. The van der Waals surface area contributed by atoms with Gasteiger partial charge in [0.05, 0.1) is 33.8 Å². The number of non-ortho nitro benzene ring substituents is 1. The van der Waals surface area contributed by atoms with Crippen molar-refractivity contribution in [2.75, 3.05) is 19.0 Å². The Labute approximate surface area is 180 Å². The molecule has 8 nitrogen and oxygen atoms in total. The quantitative estimate of drug-likeness (QED) is 0.259. The molecule has 0 atom stereocenters. The van der Waals surface area contributed by atoms with Crippen molar-refractivity contribution in [1.82, 2.24) is 0 Å². The Bertz CT molecular complexity index is 1030. The summed E-state index contributed by atoms with van der Waals surface area (Å²) in [6, 6.07) is 8.74. The van der Waals surface area contributed by atoms with E-state index in [0.717, 1.165) is 6.07 Å². The van der Waals surface area contributed by atoms with Gasteiger partial charge in [0.1, 0.15) is 11.6 Å². The van der Waals surface area contributed by atoms with E-state index in [1.807, 2.05) is 13.0 Å². The van der Waals surface area contributed by atoms with Gasteiger partial charge in [-0.15, -0.1) is 0 Å². The first-order valence-electron chi connectivity index (χ1n) is 8.18. The van der Waals surface area contributed by atoms with Crippen LogP contribution in [-0.4, -0.2) is 24.5 Å². The summed E-state index contributed by atoms with van der Waals surface area (Å²) in [6.45, 7) is 2.27. The predicted molar refractivity (Wildman–Crippen MR) is 112 cm³/mol. The molecule has 0 saturated carbocycles. The molecule has 2 rings (SSSR count). The SMILES string of the molecule is CCOc1c(Br)cc(C=C(C#N)C(=O)Nc2ccc([N+](=O)[O-])cc2Cl)cc1OC. The van der Waals surface area contributed by atoms with Crippen molar-refractivity contribution >= 4 is 50.9 Å². The number of methoxy groups -OCH3 is 1. The Morgan fingerprint density at radius 2 is 2.14 bits per heavy atom. The molecule has 1 N–H and O–H groups in total. The van der Waals surface area contributed by atoms with Crippen LogP contribution in [0.5, 0.6) is 11.5 Å². The van der Waals surface area contributed by atoms with Crippen molar-refractivity contribution in [3.8, 4) is 17.6 Å². The Kier molecular flexibility index (Phi) is 7.59. The molecular weight excluding hydrogens is 466 g/mol. The molecule has 0 spiro atoms. The highest BCUT2D eigenvalue weighted by atomic mass is 79.9. The van der Waals surface area contributed by atoms with E-state index in [4.69, 9.17) is 21.1 Å². The number of nitrogens with zero attached hydrogens (tertiary/aromatic N) is 2. The van der Waals surface area contributed by atoms with Crippen molar-refractivity contribution in [2.24, 2.45) is 0 Å². The van der Waals surface area contributed by atoms with Crippen LogP contribution in [0.2, 0.25) is 5.02 Å². The molecule has 0 unspecified atom stereocenters. The van der Waals surface area contributed by atoms with Crippen LogP contribution in [0.15, 0.2) is 40.4 Å². The number of hydrogen-bond donors (Lipinski definition) is 1. The lowest BCUT2D eigenvalue weighted by atomic mass is 10.1. The van der Waals surface area contributed by atoms with Crippen LogP contribution < -0.4 is 14.8 Å². The second-order valence-corrected chi connectivity index (χ2v) is 6.77. The second-order valence-electron chi connectivity index (χ2n) is 5.51. The number of benzene rings is 2. The van der Waals surface area contributed by atoms with Crippen LogP contribution in [0.4, 0.5) is 11.4 Å². The van der Waals surface area contributed by atoms with Gasteiger partial charge in [0.2, 0.25) is 0 Å². The van der Waals surface area contributed by atoms with Gasteiger partial charge < -0.3 is 14.8 Å². The predicted octanol–water partition coefficient (Wildman–Crippen LogP) is 4.96. The van der Waals surface area contributed by atoms with Crippen molar-refractivity contribution in [3.63, 3.8) is 0 Å². The molecule has 10 heteroatoms. The lowest BCUT2D eigenvalue weighted by Gasteiger charge is -2.12. The standard InChI is InChI=1S/C19H15BrClN3O5/c1-3-29-18-14(20)7-11(8-17(18)28-2)6-12(10-22)19(25)23-16-5-4-13(24(26)27)9-15(16)21/h4-9H,3H2,1-2H3,(H,23,25). The summed E-state index contributed by atoms with van der Waals surface area (Å²) >= 11 is 9.36. The molecule has 0 fully saturated rings. The van der Waals surface area contributed by atoms with E-state index in [-0.39, 0.29) is 22.0 Å². The number of amides is 1. The number of nitrogens with one attached hydrogen (secondary N) is 1. The molecule has 2 aromatic carbocycles. The number of carbonyl (C=O) groups is 1. The van der Waals surface area contributed by atoms with E-state index in [1.165, 1.54) is 25.3 Å². The number of ether oxygens (including phenoxy) is 2. The van der Waals surface area contributed by atoms with Crippen molar-refractivity contribution in [1.29, 1.82) is 5.26 Å². The third-order valence-corrected chi connectivity index (χ3v) is 4.53. The molecule has 1 amide bonds. The highest BCUT2D eigenvalue weighted by Gasteiger charge is 2.16. The van der Waals surface area contributed by atoms with E-state index in [2.05, 4.69) is 21.2 Å². The van der Waals surface area contributed by atoms with E-state index in [9.17, 15) is 20.2 Å². The van der Waals surface area contributed by atoms with Crippen molar-refractivity contribution in [3.05, 3.63) is 61.1 Å². The molecule has 150 valence electrons. The molecule has 0 aliphatic rings. The molecule has 2 aromatic rings. The number of carbonyl (C=O) groups excluding carboxylic acids is 1. The number of nitro groups is 1. The summed E-state index contributed by atoms with van der Waals surface area (Å²) in [5.41, 5.74) is 0.264. The zero-order chi connectivity index (χ0) is 21.6. The van der Waals surface area contributed by atoms with Gasteiger partial charge >= 0.3 is 0 Å². The van der Waals surface area contributed by atoms with Crippen LogP contribution >= 0.6 is 27.5 Å². The van der Waals surface area contributed by atoms with Gasteiger partial charge in [-0.3, -0.25) is 14.9 Å². The molecule has 29 heavy (non-hydrogen) atoms. The molecule has 0 radical (unpaired) electrons. The molecule has 0 heterocycles. The highest BCUT2D eigenvalue weighted by molar-refractivity contribution is 9.10. The zero-order valence-corrected chi connectivity index (χ0v) is 17.7. The molecular formula is C19H15BrClN3O5. The summed E-state index contributed by atoms with van der Waals surface area (Å²) in [4.78, 5) is 22.6. The molecule has 0 saturated heterocycles. The second kappa shape index (κ2) is 9.91. The molecule has 0 bridgehead atoms. The van der Waals surface area contributed by atoms with Crippen LogP contribution in [0.1, 0.15) is 12.5 Å². The van der Waals surface area contributed by atoms with Crippen molar-refractivity contribution in [2.45, 2.75) is 6.92 Å². The lowest BCUT2D eigenvalue weighted by molar-refractivity contribution is -0.384. The third kappa shape index (κ3) is 5.47. The average Bonchev–Trinajstić information content (AvgIpc) is 2.69. The summed E-state index contributed by atoms with van der Waals surface area (Å²) < 4.78 is 11.4. The van der Waals surface area contributed by atoms with Gasteiger partial charge in [-0.2, -0.15) is 5.26 Å². The highest BCUT2D eigenvalue weighted by Crippen LogP contribution is 2.37. The Balaban J connectivity index is 2.32. The van der Waals surface area contributed by atoms with Gasteiger partial charge in [0.25, 0.3) is 11.6 Å². The average molecular weight is 481 g/mol. The van der Waals surface area contributed by atoms with Gasteiger partial charge in [-0.25, -0.2) is 0 Å². The van der Waals surface area contributed by atoms with Crippen LogP contribution in [-0.2, 0) is 4.79 Å². The number of anilines is 1. The Hall–Kier alpha value is -3.09. The smallest absolute Gasteiger partial charge is 0.271 e. The van der Waals surface area contributed by atoms with E-state index < -0.39 is 10.8 Å². The fourth-order valence-corrected chi connectivity index (χ4v) is 3.13. The van der Waals surface area contributed by atoms with Gasteiger partial charge in [-0.05, 0) is 52.7 Å². The summed E-state index contributed by atoms with van der Waals surface area (Å²) in [7, 11) is 1.48. The Morgan fingerprint density at radius 1 is 1.41 bits per heavy atom. The van der Waals surface area contributed by atoms with Gasteiger partial charge in [0, 0.05) is 12.1 Å². The minimum atomic E-state index is -0.716. The number of nitriles is 1. The minimum absolute atomic E-state index is 0.0182. The molecule has 0 aliphatic heterocycles. The van der Waals surface area contributed by atoms with E-state index in [1.54, 1.807) is 12.1 Å². The van der Waals surface area contributed by atoms with Crippen molar-refractivity contribution < 1.29 is 19.2 Å². The molecule has 0 aliphatic carbocycles. The lowest BCUT2D eigenvalue weighted by Crippen LogP contribution is -2.13. The minimum Gasteiger partial charge on any atom is -0.493 e. The fraction of sp³-hybridized carbons (Fsp3) is 0.158. The maximum atomic E-state index is 12.5. The number of halogens is 2. The van der Waals surface area contributed by atoms with Crippen LogP contribution in [0, 0.1) is 21.4 Å². The van der Waals surface area contributed by atoms with E-state index in [0.29, 0.717) is 28.1 Å². The maximum Gasteiger partial charge on any atom is 0.271 e. The first kappa shape index (κ1) is 22.2. The van der Waals surface area contributed by atoms with Gasteiger partial charge in [0.15, 0.2) is 11.5 Å². The van der Waals surface area contributed by atoms with E-state index >= 15 is 0 Å². The first-order chi connectivity index (χ1) is 13.8. The zero-order valence-electron chi connectivity index (χ0n) is 15.4.